The lowest BCUT2D eigenvalue weighted by atomic mass is 10.2. The molecule has 6 nitrogen and oxygen atoms in total. The number of anilines is 3. The number of aromatic nitrogens is 2. The molecule has 8 heteroatoms. The van der Waals surface area contributed by atoms with Gasteiger partial charge in [0.1, 0.15) is 5.82 Å². The molecule has 0 aliphatic rings. The molecule has 0 amide bonds. The summed E-state index contributed by atoms with van der Waals surface area (Å²) in [7, 11) is -1.29. The van der Waals surface area contributed by atoms with Crippen LogP contribution in [0.3, 0.4) is 0 Å². The van der Waals surface area contributed by atoms with Gasteiger partial charge in [-0.2, -0.15) is 11.3 Å². The number of sulfonamides is 1. The maximum absolute atomic E-state index is 11.5. The highest BCUT2D eigenvalue weighted by Crippen LogP contribution is 2.33. The molecule has 0 spiro atoms. The van der Waals surface area contributed by atoms with Gasteiger partial charge in [0.05, 0.1) is 17.5 Å². The molecule has 27 heavy (non-hydrogen) atoms. The summed E-state index contributed by atoms with van der Waals surface area (Å²) in [5.74, 6) is 0.723. The molecular weight excluding hydrogens is 380 g/mol. The van der Waals surface area contributed by atoms with Crippen molar-refractivity contribution in [1.29, 1.82) is 0 Å². The van der Waals surface area contributed by atoms with Gasteiger partial charge in [-0.25, -0.2) is 13.4 Å². The van der Waals surface area contributed by atoms with Crippen LogP contribution in [-0.4, -0.2) is 24.2 Å². The van der Waals surface area contributed by atoms with E-state index in [0.29, 0.717) is 5.69 Å². The fourth-order valence-corrected chi connectivity index (χ4v) is 4.26. The SMILES string of the molecule is Cn1c(-c2ccsc2)cc2c(Nc3cccc(NS(C)(=O)=O)c3)nccc21. The van der Waals surface area contributed by atoms with Crippen molar-refractivity contribution < 1.29 is 8.42 Å². The number of hydrogen-bond acceptors (Lipinski definition) is 5. The van der Waals surface area contributed by atoms with Crippen molar-refractivity contribution in [3.8, 4) is 11.3 Å². The van der Waals surface area contributed by atoms with Crippen molar-refractivity contribution in [3.05, 3.63) is 59.4 Å². The average molecular weight is 399 g/mol. The Hall–Kier alpha value is -2.84. The number of fused-ring (bicyclic) bond motifs is 1. The van der Waals surface area contributed by atoms with Crippen LogP contribution >= 0.6 is 11.3 Å². The number of benzene rings is 1. The Balaban J connectivity index is 1.73. The van der Waals surface area contributed by atoms with Gasteiger partial charge < -0.3 is 9.88 Å². The molecule has 0 saturated heterocycles. The molecule has 4 rings (SSSR count). The zero-order valence-electron chi connectivity index (χ0n) is 14.8. The molecule has 3 aromatic heterocycles. The lowest BCUT2D eigenvalue weighted by Crippen LogP contribution is -2.09. The Kier molecular flexibility index (Phi) is 4.37. The summed E-state index contributed by atoms with van der Waals surface area (Å²) in [6.45, 7) is 0. The van der Waals surface area contributed by atoms with E-state index in [-0.39, 0.29) is 0 Å². The van der Waals surface area contributed by atoms with Gasteiger partial charge in [-0.1, -0.05) is 6.07 Å². The number of aryl methyl sites for hydroxylation is 1. The van der Waals surface area contributed by atoms with Crippen LogP contribution in [0.1, 0.15) is 0 Å². The topological polar surface area (TPSA) is 76.0 Å². The molecule has 0 fully saturated rings. The molecular formula is C19H18N4O2S2. The third-order valence-electron chi connectivity index (χ3n) is 4.22. The Bertz CT molecular complexity index is 1210. The fourth-order valence-electron chi connectivity index (χ4n) is 3.06. The van der Waals surface area contributed by atoms with Crippen LogP contribution in [0.25, 0.3) is 22.2 Å². The first-order valence-electron chi connectivity index (χ1n) is 8.22. The first-order chi connectivity index (χ1) is 12.9. The predicted molar refractivity (Wildman–Crippen MR) is 112 cm³/mol. The van der Waals surface area contributed by atoms with E-state index < -0.39 is 10.0 Å². The smallest absolute Gasteiger partial charge is 0.229 e. The van der Waals surface area contributed by atoms with Crippen molar-refractivity contribution >= 4 is 49.5 Å². The van der Waals surface area contributed by atoms with E-state index in [1.54, 1.807) is 35.7 Å². The third-order valence-corrected chi connectivity index (χ3v) is 5.51. The molecule has 0 unspecified atom stereocenters. The monoisotopic (exact) mass is 398 g/mol. The van der Waals surface area contributed by atoms with E-state index in [0.717, 1.165) is 34.4 Å². The minimum atomic E-state index is -3.32. The number of nitrogens with one attached hydrogen (secondary N) is 2. The van der Waals surface area contributed by atoms with Gasteiger partial charge in [-0.15, -0.1) is 0 Å². The summed E-state index contributed by atoms with van der Waals surface area (Å²) < 4.78 is 27.5. The molecule has 138 valence electrons. The molecule has 4 aromatic rings. The zero-order valence-corrected chi connectivity index (χ0v) is 16.4. The Morgan fingerprint density at radius 1 is 1.11 bits per heavy atom. The predicted octanol–water partition coefficient (Wildman–Crippen LogP) is 4.42. The second-order valence-electron chi connectivity index (χ2n) is 6.27. The summed E-state index contributed by atoms with van der Waals surface area (Å²) in [5.41, 5.74) is 4.61. The molecule has 0 aliphatic carbocycles. The second kappa shape index (κ2) is 6.71. The van der Waals surface area contributed by atoms with Crippen LogP contribution < -0.4 is 10.0 Å². The van der Waals surface area contributed by atoms with Crippen LogP contribution in [0.2, 0.25) is 0 Å². The summed E-state index contributed by atoms with van der Waals surface area (Å²) >= 11 is 1.67. The maximum Gasteiger partial charge on any atom is 0.229 e. The van der Waals surface area contributed by atoms with Crippen LogP contribution in [0, 0.1) is 0 Å². The largest absolute Gasteiger partial charge is 0.343 e. The lowest BCUT2D eigenvalue weighted by molar-refractivity contribution is 0.607. The molecule has 2 N–H and O–H groups in total. The van der Waals surface area contributed by atoms with Crippen molar-refractivity contribution in [1.82, 2.24) is 9.55 Å². The van der Waals surface area contributed by atoms with Crippen LogP contribution in [0.15, 0.2) is 59.4 Å². The van der Waals surface area contributed by atoms with Crippen molar-refractivity contribution in [2.45, 2.75) is 0 Å². The highest BCUT2D eigenvalue weighted by molar-refractivity contribution is 7.92. The second-order valence-corrected chi connectivity index (χ2v) is 8.80. The number of pyridine rings is 1. The molecule has 0 aliphatic heterocycles. The highest BCUT2D eigenvalue weighted by Gasteiger charge is 2.12. The van der Waals surface area contributed by atoms with Gasteiger partial charge in [0.25, 0.3) is 0 Å². The highest BCUT2D eigenvalue weighted by atomic mass is 32.2. The average Bonchev–Trinajstić information content (AvgIpc) is 3.23. The quantitative estimate of drug-likeness (QED) is 0.522. The molecule has 0 saturated carbocycles. The normalized spacial score (nSPS) is 11.6. The standard InChI is InChI=1S/C19H18N4O2S2/c1-23-17-6-8-20-19(16(17)11-18(23)13-7-9-26-12-13)21-14-4-3-5-15(10-14)22-27(2,24)25/h3-12,22H,1-2H3,(H,20,21). The molecule has 0 bridgehead atoms. The van der Waals surface area contributed by atoms with E-state index >= 15 is 0 Å². The van der Waals surface area contributed by atoms with Gasteiger partial charge in [-0.05, 0) is 41.8 Å². The molecule has 1 aromatic carbocycles. The summed E-state index contributed by atoms with van der Waals surface area (Å²) in [6, 6.07) is 13.3. The van der Waals surface area contributed by atoms with Gasteiger partial charge in [0.15, 0.2) is 0 Å². The first kappa shape index (κ1) is 17.6. The Morgan fingerprint density at radius 2 is 1.93 bits per heavy atom. The lowest BCUT2D eigenvalue weighted by Gasteiger charge is -2.09. The van der Waals surface area contributed by atoms with Crippen LogP contribution in [0.4, 0.5) is 17.2 Å². The van der Waals surface area contributed by atoms with Gasteiger partial charge in [0, 0.05) is 41.0 Å². The van der Waals surface area contributed by atoms with Crippen LogP contribution in [0.5, 0.6) is 0 Å². The molecule has 0 atom stereocenters. The van der Waals surface area contributed by atoms with Crippen molar-refractivity contribution in [3.63, 3.8) is 0 Å². The van der Waals surface area contributed by atoms with Crippen LogP contribution in [-0.2, 0) is 17.1 Å². The van der Waals surface area contributed by atoms with E-state index in [1.165, 1.54) is 5.56 Å². The summed E-state index contributed by atoms with van der Waals surface area (Å²) in [5, 5.41) is 8.49. The summed E-state index contributed by atoms with van der Waals surface area (Å²) in [6.07, 6.45) is 2.89. The van der Waals surface area contributed by atoms with E-state index in [4.69, 9.17) is 0 Å². The van der Waals surface area contributed by atoms with Gasteiger partial charge in [-0.3, -0.25) is 4.72 Å². The third kappa shape index (κ3) is 3.67. The number of thiophene rings is 1. The Morgan fingerprint density at radius 3 is 2.67 bits per heavy atom. The fraction of sp³-hybridized carbons (Fsp3) is 0.105. The first-order valence-corrected chi connectivity index (χ1v) is 11.1. The van der Waals surface area contributed by atoms with E-state index in [2.05, 4.69) is 42.5 Å². The number of nitrogens with zero attached hydrogens (tertiary/aromatic N) is 2. The van der Waals surface area contributed by atoms with E-state index in [1.807, 2.05) is 19.2 Å². The molecule has 3 heterocycles. The van der Waals surface area contributed by atoms with Gasteiger partial charge in [0.2, 0.25) is 10.0 Å². The van der Waals surface area contributed by atoms with Crippen molar-refractivity contribution in [2.75, 3.05) is 16.3 Å². The van der Waals surface area contributed by atoms with E-state index in [9.17, 15) is 8.42 Å². The minimum Gasteiger partial charge on any atom is -0.343 e. The zero-order chi connectivity index (χ0) is 19.0. The van der Waals surface area contributed by atoms with Crippen molar-refractivity contribution in [2.24, 2.45) is 7.05 Å². The van der Waals surface area contributed by atoms with Gasteiger partial charge >= 0.3 is 0 Å². The number of hydrogen-bond donors (Lipinski definition) is 2. The molecule has 0 radical (unpaired) electrons. The maximum atomic E-state index is 11.5. The minimum absolute atomic E-state index is 0.502. The number of rotatable bonds is 5. The Labute approximate surface area is 161 Å². The summed E-state index contributed by atoms with van der Waals surface area (Å²) in [4.78, 5) is 4.48.